The van der Waals surface area contributed by atoms with Gasteiger partial charge in [0.2, 0.25) is 5.78 Å². The molecule has 1 aliphatic carbocycles. The van der Waals surface area contributed by atoms with Gasteiger partial charge >= 0.3 is 6.02 Å². The number of aliphatic hydroxyl groups excluding tert-OH is 1. The van der Waals surface area contributed by atoms with Crippen LogP contribution in [0.25, 0.3) is 5.57 Å². The van der Waals surface area contributed by atoms with Crippen LogP contribution >= 0.6 is 11.3 Å². The fourth-order valence-electron chi connectivity index (χ4n) is 6.99. The molecule has 2 aliphatic rings. The van der Waals surface area contributed by atoms with Crippen molar-refractivity contribution in [3.8, 4) is 0 Å². The molecule has 0 saturated heterocycles. The van der Waals surface area contributed by atoms with Crippen LogP contribution in [0, 0.1) is 0 Å². The van der Waals surface area contributed by atoms with Gasteiger partial charge in [0.1, 0.15) is 11.3 Å². The van der Waals surface area contributed by atoms with E-state index in [2.05, 4.69) is 48.2 Å². The van der Waals surface area contributed by atoms with Crippen LogP contribution < -0.4 is 4.90 Å². The van der Waals surface area contributed by atoms with Crippen LogP contribution in [0.15, 0.2) is 34.2 Å². The Morgan fingerprint density at radius 2 is 1.10 bits per heavy atom. The lowest BCUT2D eigenvalue weighted by Crippen LogP contribution is -2.25. The monoisotopic (exact) mass is 711 g/mol. The molecular formula is C43H72N3O3S+. The summed E-state index contributed by atoms with van der Waals surface area (Å²) in [4.78, 5) is 21.5. The summed E-state index contributed by atoms with van der Waals surface area (Å²) >= 11 is 1.63. The molecular weight excluding hydrogens is 639 g/mol. The molecule has 0 amide bonds. The molecule has 50 heavy (non-hydrogen) atoms. The average Bonchev–Trinajstić information content (AvgIpc) is 3.79. The van der Waals surface area contributed by atoms with E-state index in [1.165, 1.54) is 146 Å². The largest absolute Gasteiger partial charge is 0.506 e. The summed E-state index contributed by atoms with van der Waals surface area (Å²) in [5, 5.41) is 12.4. The molecule has 3 rings (SSSR count). The zero-order valence-corrected chi connectivity index (χ0v) is 33.4. The quantitative estimate of drug-likeness (QED) is 0.0490. The van der Waals surface area contributed by atoms with Gasteiger partial charge in [-0.25, -0.2) is 4.58 Å². The van der Waals surface area contributed by atoms with Gasteiger partial charge in [0, 0.05) is 18.0 Å². The summed E-state index contributed by atoms with van der Waals surface area (Å²) in [7, 11) is 0. The van der Waals surface area contributed by atoms with Crippen molar-refractivity contribution in [2.24, 2.45) is 4.99 Å². The Kier molecular flexibility index (Phi) is 21.4. The minimum Gasteiger partial charge on any atom is -0.506 e. The van der Waals surface area contributed by atoms with Gasteiger partial charge < -0.3 is 14.7 Å². The van der Waals surface area contributed by atoms with Crippen LogP contribution in [-0.4, -0.2) is 53.9 Å². The van der Waals surface area contributed by atoms with Crippen molar-refractivity contribution < 1.29 is 19.2 Å². The minimum atomic E-state index is -0.143. The summed E-state index contributed by atoms with van der Waals surface area (Å²) in [5.41, 5.74) is 0.688. The first-order chi connectivity index (χ1) is 24.5. The van der Waals surface area contributed by atoms with Crippen LogP contribution in [-0.2, 0) is 9.53 Å². The number of thiophene rings is 1. The smallest absolute Gasteiger partial charge is 0.499 e. The summed E-state index contributed by atoms with van der Waals surface area (Å²) in [6, 6.07) is 4.74. The number of Topliss-reactive ketones (excluding diaryl/α,β-unsaturated/α-hetero) is 1. The average molecular weight is 711 g/mol. The molecule has 0 saturated carbocycles. The number of carbonyl (C=O) groups is 1. The number of carbonyl (C=O) groups excluding carboxylic acids is 1. The third-order valence-electron chi connectivity index (χ3n) is 10.2. The number of anilines is 1. The molecule has 0 radical (unpaired) electrons. The molecule has 0 bridgehead atoms. The number of ether oxygens (including phenoxy) is 1. The van der Waals surface area contributed by atoms with Crippen LogP contribution in [0.3, 0.4) is 0 Å². The molecule has 1 N–H and O–H groups in total. The van der Waals surface area contributed by atoms with Crippen LogP contribution in [0.1, 0.15) is 187 Å². The zero-order valence-electron chi connectivity index (χ0n) is 32.5. The van der Waals surface area contributed by atoms with Gasteiger partial charge in [-0.2, -0.15) is 0 Å². The van der Waals surface area contributed by atoms with Gasteiger partial charge in [0.15, 0.2) is 12.0 Å². The number of hydrogen-bond acceptors (Lipinski definition) is 5. The van der Waals surface area contributed by atoms with Crippen molar-refractivity contribution in [3.63, 3.8) is 0 Å². The van der Waals surface area contributed by atoms with Crippen molar-refractivity contribution in [1.29, 1.82) is 0 Å². The maximum absolute atomic E-state index is 13.6. The standard InChI is InChI=1S/C43H71N3O3S/c1-5-9-13-17-21-25-31-45(32-26-22-18-14-10-6-2)38-30-29-37(50-38)40-41(47)39(42(40)48)36-35-44-43(49-36)46(33-27-23-19-15-11-7-3)34-28-24-20-16-12-8-4/h29-30,35H,5-28,31-34H2,1-4H3/p+1. The van der Waals surface area contributed by atoms with Crippen molar-refractivity contribution in [2.75, 3.05) is 31.1 Å². The summed E-state index contributed by atoms with van der Waals surface area (Å²) in [6.07, 6.45) is 31.9. The Morgan fingerprint density at radius 3 is 1.58 bits per heavy atom. The van der Waals surface area contributed by atoms with E-state index in [0.29, 0.717) is 17.4 Å². The fourth-order valence-corrected chi connectivity index (χ4v) is 8.09. The highest BCUT2D eigenvalue weighted by Crippen LogP contribution is 2.42. The molecule has 1 aromatic rings. The minimum absolute atomic E-state index is 0.0443. The van der Waals surface area contributed by atoms with E-state index in [0.717, 1.165) is 43.9 Å². The Morgan fingerprint density at radius 1 is 0.640 bits per heavy atom. The number of rotatable bonds is 30. The third kappa shape index (κ3) is 14.3. The van der Waals surface area contributed by atoms with Crippen LogP contribution in [0.5, 0.6) is 0 Å². The Labute approximate surface area is 310 Å². The van der Waals surface area contributed by atoms with Gasteiger partial charge in [-0.15, -0.1) is 11.3 Å². The number of hydrogen-bond donors (Lipinski definition) is 1. The Bertz CT molecular complexity index is 1210. The van der Waals surface area contributed by atoms with Crippen molar-refractivity contribution in [2.45, 2.75) is 182 Å². The predicted molar refractivity (Wildman–Crippen MR) is 216 cm³/mol. The van der Waals surface area contributed by atoms with E-state index in [1.807, 2.05) is 6.07 Å². The topological polar surface area (TPSA) is 65.1 Å². The molecule has 1 aliphatic heterocycles. The first-order valence-electron chi connectivity index (χ1n) is 21.0. The maximum atomic E-state index is 13.6. The molecule has 0 aromatic carbocycles. The SMILES string of the molecule is CCCCCCCCN(CCCCCCCC)c1ccc(C2=C(O)C(=C3C=NC(=[N+](CCCCCCCC)CCCCCCCC)O3)C2=O)s1. The van der Waals surface area contributed by atoms with Crippen molar-refractivity contribution >= 4 is 39.9 Å². The van der Waals surface area contributed by atoms with Gasteiger partial charge in [-0.05, 0) is 55.7 Å². The molecule has 7 heteroatoms. The van der Waals surface area contributed by atoms with Gasteiger partial charge in [-0.1, -0.05) is 143 Å². The maximum Gasteiger partial charge on any atom is 0.499 e. The highest BCUT2D eigenvalue weighted by atomic mass is 32.1. The highest BCUT2D eigenvalue weighted by molar-refractivity contribution is 7.17. The molecule has 2 heterocycles. The first-order valence-corrected chi connectivity index (χ1v) is 21.8. The second-order valence-corrected chi connectivity index (χ2v) is 15.7. The molecule has 6 nitrogen and oxygen atoms in total. The number of unbranched alkanes of at least 4 members (excludes halogenated alkanes) is 20. The van der Waals surface area contributed by atoms with E-state index < -0.39 is 0 Å². The number of allylic oxidation sites excluding steroid dienone is 3. The predicted octanol–water partition coefficient (Wildman–Crippen LogP) is 12.6. The van der Waals surface area contributed by atoms with E-state index in [1.54, 1.807) is 17.6 Å². The lowest BCUT2D eigenvalue weighted by Gasteiger charge is -2.24. The van der Waals surface area contributed by atoms with Gasteiger partial charge in [0.25, 0.3) is 0 Å². The molecule has 1 aromatic heterocycles. The summed E-state index contributed by atoms with van der Waals surface area (Å²) in [6.45, 7) is 13.0. The Hall–Kier alpha value is -2.41. The number of aliphatic hydroxyl groups is 1. The first kappa shape index (κ1) is 42.0. The van der Waals surface area contributed by atoms with E-state index in [-0.39, 0.29) is 17.1 Å². The summed E-state index contributed by atoms with van der Waals surface area (Å²) in [5.74, 6) is 0.282. The number of amidine groups is 1. The number of ketones is 1. The number of aliphatic imine (C=N–C) groups is 1. The van der Waals surface area contributed by atoms with E-state index >= 15 is 0 Å². The van der Waals surface area contributed by atoms with E-state index in [9.17, 15) is 9.90 Å². The third-order valence-corrected chi connectivity index (χ3v) is 11.4. The molecule has 0 atom stereocenters. The van der Waals surface area contributed by atoms with Gasteiger partial charge in [0.05, 0.1) is 23.7 Å². The lowest BCUT2D eigenvalue weighted by atomic mass is 9.86. The van der Waals surface area contributed by atoms with Gasteiger partial charge in [-0.3, -0.25) is 4.79 Å². The fraction of sp³-hybridized carbons (Fsp3) is 0.744. The second-order valence-electron chi connectivity index (χ2n) is 14.6. The van der Waals surface area contributed by atoms with Crippen molar-refractivity contribution in [1.82, 2.24) is 0 Å². The van der Waals surface area contributed by atoms with Crippen molar-refractivity contribution in [3.05, 3.63) is 34.1 Å². The normalized spacial score (nSPS) is 15.7. The Balaban J connectivity index is 1.67. The zero-order chi connectivity index (χ0) is 35.8. The highest BCUT2D eigenvalue weighted by Gasteiger charge is 2.42. The second kappa shape index (κ2) is 25.5. The lowest BCUT2D eigenvalue weighted by molar-refractivity contribution is -0.537. The number of nitrogens with zero attached hydrogens (tertiary/aromatic N) is 3. The molecule has 0 spiro atoms. The molecule has 0 fully saturated rings. The molecule has 0 unspecified atom stereocenters. The van der Waals surface area contributed by atoms with Crippen LogP contribution in [0.2, 0.25) is 0 Å². The van der Waals surface area contributed by atoms with E-state index in [4.69, 9.17) is 4.74 Å². The molecule has 282 valence electrons. The van der Waals surface area contributed by atoms with Crippen LogP contribution in [0.4, 0.5) is 5.00 Å². The summed E-state index contributed by atoms with van der Waals surface area (Å²) < 4.78 is 8.48.